The zero-order valence-corrected chi connectivity index (χ0v) is 16.4. The van der Waals surface area contributed by atoms with Crippen LogP contribution in [0.5, 0.6) is 5.75 Å². The van der Waals surface area contributed by atoms with Crippen LogP contribution in [0.2, 0.25) is 0 Å². The molecule has 0 bridgehead atoms. The number of amides is 1. The molecule has 1 heterocycles. The number of hydrogen-bond donors (Lipinski definition) is 1. The third-order valence-corrected chi connectivity index (χ3v) is 4.81. The van der Waals surface area contributed by atoms with Crippen LogP contribution in [0.1, 0.15) is 21.8 Å². The standard InChI is InChI=1S/C21H16F3N3O2S/c22-21(23,24)13-29-18-7-6-16(9-15(18)11-25)26-19(28)10-17-12-30-20(27-17)8-14-4-2-1-3-5-14/h1-7,9,12H,8,10,13H2,(H,26,28). The van der Waals surface area contributed by atoms with Crippen molar-refractivity contribution < 1.29 is 22.7 Å². The molecule has 30 heavy (non-hydrogen) atoms. The Morgan fingerprint density at radius 1 is 1.20 bits per heavy atom. The number of halogens is 3. The van der Waals surface area contributed by atoms with Gasteiger partial charge in [0.2, 0.25) is 5.91 Å². The van der Waals surface area contributed by atoms with Crippen molar-refractivity contribution in [3.05, 3.63) is 75.7 Å². The number of rotatable bonds is 7. The maximum atomic E-state index is 12.3. The maximum Gasteiger partial charge on any atom is 0.422 e. The van der Waals surface area contributed by atoms with Crippen LogP contribution in [0.4, 0.5) is 18.9 Å². The van der Waals surface area contributed by atoms with E-state index >= 15 is 0 Å². The summed E-state index contributed by atoms with van der Waals surface area (Å²) in [7, 11) is 0. The Balaban J connectivity index is 1.59. The molecule has 0 unspecified atom stereocenters. The fourth-order valence-corrected chi connectivity index (χ4v) is 3.46. The Bertz CT molecular complexity index is 1060. The van der Waals surface area contributed by atoms with Crippen molar-refractivity contribution in [1.29, 1.82) is 5.26 Å². The first-order valence-electron chi connectivity index (χ1n) is 8.83. The van der Waals surface area contributed by atoms with Gasteiger partial charge < -0.3 is 10.1 Å². The molecule has 0 aliphatic rings. The van der Waals surface area contributed by atoms with Crippen LogP contribution >= 0.6 is 11.3 Å². The van der Waals surface area contributed by atoms with Crippen LogP contribution in [-0.4, -0.2) is 23.7 Å². The Morgan fingerprint density at radius 3 is 2.67 bits per heavy atom. The number of nitriles is 1. The lowest BCUT2D eigenvalue weighted by Crippen LogP contribution is -2.19. The quantitative estimate of drug-likeness (QED) is 0.587. The molecule has 1 amide bonds. The summed E-state index contributed by atoms with van der Waals surface area (Å²) in [4.78, 5) is 16.7. The van der Waals surface area contributed by atoms with Crippen molar-refractivity contribution in [2.24, 2.45) is 0 Å². The molecule has 0 radical (unpaired) electrons. The monoisotopic (exact) mass is 431 g/mol. The fourth-order valence-electron chi connectivity index (χ4n) is 2.63. The van der Waals surface area contributed by atoms with Gasteiger partial charge in [-0.15, -0.1) is 11.3 Å². The lowest BCUT2D eigenvalue weighted by molar-refractivity contribution is -0.153. The van der Waals surface area contributed by atoms with Crippen molar-refractivity contribution in [3.63, 3.8) is 0 Å². The summed E-state index contributed by atoms with van der Waals surface area (Å²) >= 11 is 1.47. The summed E-state index contributed by atoms with van der Waals surface area (Å²) in [6.07, 6.45) is -3.79. The van der Waals surface area contributed by atoms with Crippen molar-refractivity contribution in [1.82, 2.24) is 4.98 Å². The maximum absolute atomic E-state index is 12.3. The number of thiazole rings is 1. The van der Waals surface area contributed by atoms with Gasteiger partial charge in [-0.3, -0.25) is 4.79 Å². The number of nitrogens with zero attached hydrogens (tertiary/aromatic N) is 2. The van der Waals surface area contributed by atoms with Gasteiger partial charge in [0.25, 0.3) is 0 Å². The van der Waals surface area contributed by atoms with E-state index in [1.165, 1.54) is 29.5 Å². The van der Waals surface area contributed by atoms with Gasteiger partial charge >= 0.3 is 6.18 Å². The van der Waals surface area contributed by atoms with Crippen molar-refractivity contribution in [2.45, 2.75) is 19.0 Å². The molecule has 0 fully saturated rings. The topological polar surface area (TPSA) is 75.0 Å². The second-order valence-corrected chi connectivity index (χ2v) is 7.29. The van der Waals surface area contributed by atoms with E-state index in [4.69, 9.17) is 5.26 Å². The van der Waals surface area contributed by atoms with E-state index in [2.05, 4.69) is 15.0 Å². The molecule has 0 saturated heterocycles. The van der Waals surface area contributed by atoms with Crippen LogP contribution in [0, 0.1) is 11.3 Å². The molecule has 3 rings (SSSR count). The van der Waals surface area contributed by atoms with Crippen LogP contribution in [0.15, 0.2) is 53.9 Å². The SMILES string of the molecule is N#Cc1cc(NC(=O)Cc2csc(Cc3ccccc3)n2)ccc1OCC(F)(F)F. The van der Waals surface area contributed by atoms with Crippen molar-refractivity contribution in [2.75, 3.05) is 11.9 Å². The summed E-state index contributed by atoms with van der Waals surface area (Å²) < 4.78 is 41.5. The minimum atomic E-state index is -4.51. The minimum Gasteiger partial charge on any atom is -0.483 e. The Hall–Kier alpha value is -3.38. The lowest BCUT2D eigenvalue weighted by atomic mass is 10.2. The normalized spacial score (nSPS) is 11.0. The van der Waals surface area contributed by atoms with E-state index in [1.807, 2.05) is 35.7 Å². The number of alkyl halides is 3. The highest BCUT2D eigenvalue weighted by Gasteiger charge is 2.28. The highest BCUT2D eigenvalue weighted by molar-refractivity contribution is 7.09. The number of nitrogens with one attached hydrogen (secondary N) is 1. The Morgan fingerprint density at radius 2 is 1.97 bits per heavy atom. The minimum absolute atomic E-state index is 0.0412. The molecule has 1 aromatic heterocycles. The van der Waals surface area contributed by atoms with Gasteiger partial charge in [0.1, 0.15) is 11.8 Å². The summed E-state index contributed by atoms with van der Waals surface area (Å²) in [5.41, 5.74) is 1.93. The molecule has 0 spiro atoms. The number of ether oxygens (including phenoxy) is 1. The molecule has 1 N–H and O–H groups in total. The largest absolute Gasteiger partial charge is 0.483 e. The highest BCUT2D eigenvalue weighted by atomic mass is 32.1. The molecule has 5 nitrogen and oxygen atoms in total. The molecule has 154 valence electrons. The van der Waals surface area contributed by atoms with Gasteiger partial charge in [0.05, 0.1) is 22.7 Å². The third-order valence-electron chi connectivity index (χ3n) is 3.91. The van der Waals surface area contributed by atoms with E-state index < -0.39 is 12.8 Å². The molecule has 0 aliphatic carbocycles. The number of carbonyl (C=O) groups is 1. The first kappa shape index (κ1) is 21.3. The smallest absolute Gasteiger partial charge is 0.422 e. The van der Waals surface area contributed by atoms with Gasteiger partial charge in [0, 0.05) is 17.5 Å². The third kappa shape index (κ3) is 6.32. The Labute approximate surface area is 174 Å². The van der Waals surface area contributed by atoms with Gasteiger partial charge in [-0.2, -0.15) is 18.4 Å². The highest BCUT2D eigenvalue weighted by Crippen LogP contribution is 2.25. The predicted octanol–water partition coefficient (Wildman–Crippen LogP) is 4.73. The van der Waals surface area contributed by atoms with Crippen LogP contribution in [0.25, 0.3) is 0 Å². The van der Waals surface area contributed by atoms with E-state index in [0.717, 1.165) is 10.6 Å². The molecular formula is C21H16F3N3O2S. The van der Waals surface area contributed by atoms with Crippen LogP contribution in [0.3, 0.4) is 0 Å². The molecule has 0 saturated carbocycles. The van der Waals surface area contributed by atoms with E-state index in [-0.39, 0.29) is 29.3 Å². The number of hydrogen-bond acceptors (Lipinski definition) is 5. The Kier molecular flexibility index (Phi) is 6.69. The van der Waals surface area contributed by atoms with Crippen LogP contribution in [-0.2, 0) is 17.6 Å². The molecule has 2 aromatic carbocycles. The average molecular weight is 431 g/mol. The molecule has 0 aliphatic heterocycles. The molecular weight excluding hydrogens is 415 g/mol. The molecule has 3 aromatic rings. The number of aromatic nitrogens is 1. The predicted molar refractivity (Wildman–Crippen MR) is 106 cm³/mol. The lowest BCUT2D eigenvalue weighted by Gasteiger charge is -2.11. The van der Waals surface area contributed by atoms with E-state index in [9.17, 15) is 18.0 Å². The summed E-state index contributed by atoms with van der Waals surface area (Å²) in [5, 5.41) is 14.5. The van der Waals surface area contributed by atoms with E-state index in [0.29, 0.717) is 12.1 Å². The number of benzene rings is 2. The average Bonchev–Trinajstić information content (AvgIpc) is 3.13. The van der Waals surface area contributed by atoms with Gasteiger partial charge in [-0.25, -0.2) is 4.98 Å². The van der Waals surface area contributed by atoms with Crippen molar-refractivity contribution >= 4 is 22.9 Å². The zero-order valence-electron chi connectivity index (χ0n) is 15.6. The van der Waals surface area contributed by atoms with E-state index in [1.54, 1.807) is 6.07 Å². The summed E-state index contributed by atoms with van der Waals surface area (Å²) in [6.45, 7) is -1.50. The fraction of sp³-hybridized carbons (Fsp3) is 0.190. The summed E-state index contributed by atoms with van der Waals surface area (Å²) in [5.74, 6) is -0.544. The van der Waals surface area contributed by atoms with Gasteiger partial charge in [0.15, 0.2) is 6.61 Å². The molecule has 0 atom stereocenters. The second-order valence-electron chi connectivity index (χ2n) is 6.35. The van der Waals surface area contributed by atoms with Gasteiger partial charge in [-0.1, -0.05) is 30.3 Å². The first-order valence-corrected chi connectivity index (χ1v) is 9.71. The van der Waals surface area contributed by atoms with Gasteiger partial charge in [-0.05, 0) is 23.8 Å². The van der Waals surface area contributed by atoms with Crippen molar-refractivity contribution in [3.8, 4) is 11.8 Å². The summed E-state index contributed by atoms with van der Waals surface area (Å²) in [6, 6.07) is 15.5. The van der Waals surface area contributed by atoms with Crippen LogP contribution < -0.4 is 10.1 Å². The first-order chi connectivity index (χ1) is 14.3. The number of anilines is 1. The number of carbonyl (C=O) groups excluding carboxylic acids is 1. The second kappa shape index (κ2) is 9.41. The molecule has 9 heteroatoms. The zero-order chi connectivity index (χ0) is 21.6.